The number of allylic oxidation sites excluding steroid dienone is 1. The van der Waals surface area contributed by atoms with E-state index < -0.39 is 10.4 Å². The summed E-state index contributed by atoms with van der Waals surface area (Å²) in [6.45, 7) is 5.25. The van der Waals surface area contributed by atoms with Gasteiger partial charge >= 0.3 is 10.4 Å². The fourth-order valence-corrected chi connectivity index (χ4v) is 0. The van der Waals surface area contributed by atoms with Crippen molar-refractivity contribution in [3.63, 3.8) is 0 Å². The van der Waals surface area contributed by atoms with Crippen LogP contribution in [0.1, 0.15) is 6.92 Å². The smallest absolute Gasteiger partial charge is 0.388 e. The van der Waals surface area contributed by atoms with Crippen LogP contribution in [0.3, 0.4) is 0 Å². The first-order valence-corrected chi connectivity index (χ1v) is 3.90. The second kappa shape index (κ2) is 12.3. The molecule has 0 atom stereocenters. The van der Waals surface area contributed by atoms with Gasteiger partial charge in [-0.3, -0.25) is 9.11 Å². The summed E-state index contributed by atoms with van der Waals surface area (Å²) < 4.78 is 35.8. The first kappa shape index (κ1) is 16.9. The predicted molar refractivity (Wildman–Crippen MR) is 43.0 cm³/mol. The Kier molecular flexibility index (Phi) is 18.8. The highest BCUT2D eigenvalue weighted by Gasteiger charge is 1.84. The highest BCUT2D eigenvalue weighted by atomic mass is 32.3. The molecule has 2 N–H and O–H groups in total. The van der Waals surface area contributed by atoms with Gasteiger partial charge in [-0.25, -0.2) is 0 Å². The van der Waals surface area contributed by atoms with E-state index in [0.29, 0.717) is 0 Å². The molecule has 0 radical (unpaired) electrons. The van der Waals surface area contributed by atoms with E-state index in [-0.39, 0.29) is 0 Å². The third-order valence-corrected chi connectivity index (χ3v) is 0. The van der Waals surface area contributed by atoms with E-state index in [2.05, 4.69) is 11.3 Å². The Morgan fingerprint density at radius 3 is 1.36 bits per heavy atom. The maximum atomic E-state index is 8.74. The van der Waals surface area contributed by atoms with Gasteiger partial charge in [0.15, 0.2) is 0 Å². The van der Waals surface area contributed by atoms with Gasteiger partial charge in [0, 0.05) is 14.2 Å². The summed E-state index contributed by atoms with van der Waals surface area (Å²) in [5.41, 5.74) is 0. The van der Waals surface area contributed by atoms with Crippen molar-refractivity contribution in [1.82, 2.24) is 0 Å². The highest BCUT2D eigenvalue weighted by Crippen LogP contribution is 1.59. The number of rotatable bonds is 0. The van der Waals surface area contributed by atoms with Crippen LogP contribution in [-0.4, -0.2) is 31.7 Å². The van der Waals surface area contributed by atoms with Gasteiger partial charge in [-0.15, -0.1) is 6.58 Å². The summed E-state index contributed by atoms with van der Waals surface area (Å²) in [7, 11) is -1.42. The lowest BCUT2D eigenvalue weighted by Crippen LogP contribution is -1.89. The maximum Gasteiger partial charge on any atom is 0.394 e. The van der Waals surface area contributed by atoms with E-state index in [0.717, 1.165) is 0 Å². The van der Waals surface area contributed by atoms with E-state index in [4.69, 9.17) is 17.5 Å². The third kappa shape index (κ3) is 2970. The SMILES string of the molecule is C=CC.COC.O=S(=O)(O)O. The second-order valence-electron chi connectivity index (χ2n) is 1.26. The molecule has 0 spiro atoms. The van der Waals surface area contributed by atoms with Crippen LogP contribution in [0, 0.1) is 0 Å². The highest BCUT2D eigenvalue weighted by molar-refractivity contribution is 7.79. The molecule has 0 saturated heterocycles. The average Bonchev–Trinajstić information content (AvgIpc) is 1.62. The summed E-state index contributed by atoms with van der Waals surface area (Å²) in [4.78, 5) is 0. The van der Waals surface area contributed by atoms with E-state index >= 15 is 0 Å². The molecule has 0 aromatic carbocycles. The van der Waals surface area contributed by atoms with Crippen LogP contribution in [0.15, 0.2) is 12.7 Å². The molecule has 0 amide bonds. The zero-order valence-corrected chi connectivity index (χ0v) is 7.63. The molecule has 0 aromatic rings. The van der Waals surface area contributed by atoms with Gasteiger partial charge in [-0.1, -0.05) is 6.08 Å². The lowest BCUT2D eigenvalue weighted by atomic mass is 10.8. The molecule has 0 aliphatic heterocycles. The van der Waals surface area contributed by atoms with Crippen molar-refractivity contribution in [1.29, 1.82) is 0 Å². The fraction of sp³-hybridized carbons (Fsp3) is 0.600. The number of hydrogen-bond donors (Lipinski definition) is 2. The molecule has 6 heteroatoms. The average molecular weight is 186 g/mol. The molecular formula is C5H14O5S. The fourth-order valence-electron chi connectivity index (χ4n) is 0. The Morgan fingerprint density at radius 1 is 1.36 bits per heavy atom. The Hall–Kier alpha value is -0.430. The van der Waals surface area contributed by atoms with E-state index in [1.807, 2.05) is 6.92 Å². The van der Waals surface area contributed by atoms with Crippen molar-refractivity contribution in [2.24, 2.45) is 0 Å². The molecule has 11 heavy (non-hydrogen) atoms. The lowest BCUT2D eigenvalue weighted by molar-refractivity contribution is 0.277. The predicted octanol–water partition coefficient (Wildman–Crippen LogP) is 0.802. The lowest BCUT2D eigenvalue weighted by Gasteiger charge is -1.68. The van der Waals surface area contributed by atoms with Crippen LogP contribution in [0.5, 0.6) is 0 Å². The quantitative estimate of drug-likeness (QED) is 0.432. The van der Waals surface area contributed by atoms with Crippen LogP contribution in [-0.2, 0) is 15.1 Å². The van der Waals surface area contributed by atoms with Gasteiger partial charge in [-0.05, 0) is 6.92 Å². The van der Waals surface area contributed by atoms with Crippen molar-refractivity contribution >= 4 is 10.4 Å². The molecule has 0 unspecified atom stereocenters. The number of hydrogen-bond acceptors (Lipinski definition) is 3. The summed E-state index contributed by atoms with van der Waals surface area (Å²) in [6, 6.07) is 0. The third-order valence-electron chi connectivity index (χ3n) is 0. The normalized spacial score (nSPS) is 8.09. The van der Waals surface area contributed by atoms with Gasteiger partial charge in [0.25, 0.3) is 0 Å². The Balaban J connectivity index is -0.0000000933. The van der Waals surface area contributed by atoms with Gasteiger partial charge in [0.1, 0.15) is 0 Å². The van der Waals surface area contributed by atoms with Crippen LogP contribution < -0.4 is 0 Å². The van der Waals surface area contributed by atoms with Crippen LogP contribution >= 0.6 is 0 Å². The molecule has 0 aliphatic carbocycles. The van der Waals surface area contributed by atoms with Crippen molar-refractivity contribution in [3.8, 4) is 0 Å². The minimum Gasteiger partial charge on any atom is -0.388 e. The molecule has 5 nitrogen and oxygen atoms in total. The molecule has 0 fully saturated rings. The molecule has 0 aromatic heterocycles. The number of ether oxygens (including phenoxy) is 1. The molecule has 0 saturated carbocycles. The minimum atomic E-state index is -4.67. The topological polar surface area (TPSA) is 83.8 Å². The Bertz CT molecular complexity index is 140. The first-order chi connectivity index (χ1) is 4.83. The van der Waals surface area contributed by atoms with E-state index in [9.17, 15) is 0 Å². The van der Waals surface area contributed by atoms with Crippen LogP contribution in [0.4, 0.5) is 0 Å². The van der Waals surface area contributed by atoms with Crippen molar-refractivity contribution in [2.75, 3.05) is 14.2 Å². The van der Waals surface area contributed by atoms with Crippen molar-refractivity contribution < 1.29 is 22.3 Å². The van der Waals surface area contributed by atoms with Crippen LogP contribution in [0.2, 0.25) is 0 Å². The second-order valence-corrected chi connectivity index (χ2v) is 2.16. The van der Waals surface area contributed by atoms with Crippen LogP contribution in [0.25, 0.3) is 0 Å². The van der Waals surface area contributed by atoms with Crippen molar-refractivity contribution in [2.45, 2.75) is 6.92 Å². The standard InChI is InChI=1S/C3H6.C2H6O.H2O4S/c2*1-3-2;1-5(2,3)4/h3H,1H2,2H3;1-2H3;(H2,1,2,3,4). The monoisotopic (exact) mass is 186 g/mol. The summed E-state index contributed by atoms with van der Waals surface area (Å²) >= 11 is 0. The first-order valence-electron chi connectivity index (χ1n) is 2.50. The molecule has 0 bridgehead atoms. The molecule has 70 valence electrons. The van der Waals surface area contributed by atoms with Gasteiger partial charge in [0.2, 0.25) is 0 Å². The molecular weight excluding hydrogens is 172 g/mol. The largest absolute Gasteiger partial charge is 0.394 e. The van der Waals surface area contributed by atoms with Gasteiger partial charge in [0.05, 0.1) is 0 Å². The number of methoxy groups -OCH3 is 1. The Labute approximate surface area is 67.3 Å². The Morgan fingerprint density at radius 2 is 1.36 bits per heavy atom. The van der Waals surface area contributed by atoms with E-state index in [1.54, 1.807) is 20.3 Å². The zero-order chi connectivity index (χ0) is 9.91. The maximum absolute atomic E-state index is 8.74. The minimum absolute atomic E-state index is 1.62. The van der Waals surface area contributed by atoms with Gasteiger partial charge < -0.3 is 4.74 Å². The van der Waals surface area contributed by atoms with Crippen molar-refractivity contribution in [3.05, 3.63) is 12.7 Å². The molecule has 0 aliphatic rings. The molecule has 0 heterocycles. The van der Waals surface area contributed by atoms with Gasteiger partial charge in [-0.2, -0.15) is 8.42 Å². The summed E-state index contributed by atoms with van der Waals surface area (Å²) in [5, 5.41) is 0. The van der Waals surface area contributed by atoms with E-state index in [1.165, 1.54) is 0 Å². The summed E-state index contributed by atoms with van der Waals surface area (Å²) in [6.07, 6.45) is 1.75. The molecule has 0 rings (SSSR count). The zero-order valence-electron chi connectivity index (χ0n) is 6.81. The summed E-state index contributed by atoms with van der Waals surface area (Å²) in [5.74, 6) is 0.